The molecule has 8 heteroatoms. The van der Waals surface area contributed by atoms with Gasteiger partial charge in [-0.15, -0.1) is 0 Å². The first-order chi connectivity index (χ1) is 13.2. The fraction of sp³-hybridized carbons (Fsp3) is 0.421. The van der Waals surface area contributed by atoms with Crippen molar-refractivity contribution in [3.05, 3.63) is 30.6 Å². The maximum absolute atomic E-state index is 12.0. The lowest BCUT2D eigenvalue weighted by Gasteiger charge is -2.13. The number of fused-ring (bicyclic) bond motifs is 1. The lowest BCUT2D eigenvalue weighted by atomic mass is 10.1. The van der Waals surface area contributed by atoms with Crippen molar-refractivity contribution in [1.29, 1.82) is 0 Å². The number of carbonyl (C=O) groups is 1. The van der Waals surface area contributed by atoms with Gasteiger partial charge in [0.15, 0.2) is 11.6 Å². The van der Waals surface area contributed by atoms with Crippen LogP contribution in [0.15, 0.2) is 30.6 Å². The van der Waals surface area contributed by atoms with Crippen molar-refractivity contribution in [3.8, 4) is 17.0 Å². The molecule has 4 heterocycles. The first-order valence-electron chi connectivity index (χ1n) is 9.37. The molecule has 5 rings (SSSR count). The van der Waals surface area contributed by atoms with E-state index in [4.69, 9.17) is 4.74 Å². The number of hydrogen-bond donors (Lipinski definition) is 2. The summed E-state index contributed by atoms with van der Waals surface area (Å²) in [4.78, 5) is 12.0. The van der Waals surface area contributed by atoms with Gasteiger partial charge >= 0.3 is 0 Å². The van der Waals surface area contributed by atoms with E-state index in [1.165, 1.54) is 0 Å². The van der Waals surface area contributed by atoms with Crippen LogP contribution in [0.25, 0.3) is 16.8 Å². The highest BCUT2D eigenvalue weighted by Gasteiger charge is 2.30. The van der Waals surface area contributed by atoms with E-state index in [1.807, 2.05) is 36.1 Å². The largest absolute Gasteiger partial charge is 0.485 e. The summed E-state index contributed by atoms with van der Waals surface area (Å²) in [6.45, 7) is 1.84. The smallest absolute Gasteiger partial charge is 0.228 e. The zero-order valence-electron chi connectivity index (χ0n) is 15.2. The number of hydrogen-bond acceptors (Lipinski definition) is 5. The fourth-order valence-corrected chi connectivity index (χ4v) is 3.52. The van der Waals surface area contributed by atoms with E-state index in [0.29, 0.717) is 5.82 Å². The summed E-state index contributed by atoms with van der Waals surface area (Å²) in [7, 11) is 1.91. The fourth-order valence-electron chi connectivity index (χ4n) is 3.52. The molecule has 2 N–H and O–H groups in total. The van der Waals surface area contributed by atoms with Crippen LogP contribution < -0.4 is 15.4 Å². The molecule has 3 aromatic heterocycles. The third kappa shape index (κ3) is 3.16. The highest BCUT2D eigenvalue weighted by atomic mass is 16.5. The molecule has 1 aliphatic heterocycles. The summed E-state index contributed by atoms with van der Waals surface area (Å²) < 4.78 is 9.76. The Balaban J connectivity index is 1.44. The maximum atomic E-state index is 12.0. The van der Waals surface area contributed by atoms with Gasteiger partial charge in [-0.05, 0) is 37.9 Å². The van der Waals surface area contributed by atoms with Crippen molar-refractivity contribution in [3.63, 3.8) is 0 Å². The minimum atomic E-state index is 0.0612. The zero-order chi connectivity index (χ0) is 18.4. The van der Waals surface area contributed by atoms with Crippen molar-refractivity contribution in [1.82, 2.24) is 24.7 Å². The van der Waals surface area contributed by atoms with Gasteiger partial charge in [0.1, 0.15) is 11.8 Å². The van der Waals surface area contributed by atoms with Gasteiger partial charge in [-0.25, -0.2) is 4.52 Å². The molecule has 0 bridgehead atoms. The van der Waals surface area contributed by atoms with Gasteiger partial charge in [-0.2, -0.15) is 10.2 Å². The minimum Gasteiger partial charge on any atom is -0.485 e. The summed E-state index contributed by atoms with van der Waals surface area (Å²) in [5, 5.41) is 15.0. The van der Waals surface area contributed by atoms with E-state index in [2.05, 4.69) is 20.8 Å². The molecule has 0 unspecified atom stereocenters. The third-order valence-corrected chi connectivity index (χ3v) is 5.15. The molecule has 2 aliphatic rings. The lowest BCUT2D eigenvalue weighted by Crippen LogP contribution is -2.19. The van der Waals surface area contributed by atoms with Crippen molar-refractivity contribution >= 4 is 17.2 Å². The molecule has 0 spiro atoms. The summed E-state index contributed by atoms with van der Waals surface area (Å²) in [5.74, 6) is 1.59. The van der Waals surface area contributed by atoms with Gasteiger partial charge in [-0.1, -0.05) is 0 Å². The Morgan fingerprint density at radius 1 is 1.33 bits per heavy atom. The van der Waals surface area contributed by atoms with Gasteiger partial charge in [0.25, 0.3) is 0 Å². The van der Waals surface area contributed by atoms with Crippen LogP contribution in [-0.4, -0.2) is 44.5 Å². The van der Waals surface area contributed by atoms with Crippen LogP contribution in [0.4, 0.5) is 5.82 Å². The lowest BCUT2D eigenvalue weighted by molar-refractivity contribution is -0.117. The van der Waals surface area contributed by atoms with Crippen molar-refractivity contribution in [2.45, 2.75) is 25.4 Å². The number of anilines is 1. The number of aryl methyl sites for hydroxylation is 1. The zero-order valence-corrected chi connectivity index (χ0v) is 15.2. The second-order valence-electron chi connectivity index (χ2n) is 7.29. The Bertz CT molecular complexity index is 997. The summed E-state index contributed by atoms with van der Waals surface area (Å²) >= 11 is 0. The highest BCUT2D eigenvalue weighted by molar-refractivity contribution is 5.93. The molecule has 27 heavy (non-hydrogen) atoms. The Morgan fingerprint density at radius 3 is 3.00 bits per heavy atom. The minimum absolute atomic E-state index is 0.0612. The van der Waals surface area contributed by atoms with E-state index in [-0.39, 0.29) is 17.9 Å². The monoisotopic (exact) mass is 366 g/mol. The van der Waals surface area contributed by atoms with Gasteiger partial charge in [0.05, 0.1) is 11.7 Å². The van der Waals surface area contributed by atoms with E-state index in [9.17, 15) is 4.79 Å². The molecule has 3 aromatic rings. The Morgan fingerprint density at radius 2 is 2.22 bits per heavy atom. The normalized spacial score (nSPS) is 19.5. The molecule has 1 amide bonds. The second kappa shape index (κ2) is 6.38. The van der Waals surface area contributed by atoms with Crippen molar-refractivity contribution in [2.24, 2.45) is 13.0 Å². The average Bonchev–Trinajstić information content (AvgIpc) is 3.06. The predicted octanol–water partition coefficient (Wildman–Crippen LogP) is 1.82. The number of aromatic nitrogens is 4. The number of carbonyl (C=O) groups excluding carboxylic acids is 1. The molecule has 0 radical (unpaired) electrons. The molecule has 2 fully saturated rings. The van der Waals surface area contributed by atoms with Crippen LogP contribution in [-0.2, 0) is 11.8 Å². The number of pyridine rings is 1. The molecule has 0 aromatic carbocycles. The van der Waals surface area contributed by atoms with E-state index in [0.717, 1.165) is 54.9 Å². The second-order valence-corrected chi connectivity index (χ2v) is 7.29. The molecule has 1 saturated heterocycles. The van der Waals surface area contributed by atoms with Crippen LogP contribution >= 0.6 is 0 Å². The predicted molar refractivity (Wildman–Crippen MR) is 101 cm³/mol. The highest BCUT2D eigenvalue weighted by Crippen LogP contribution is 2.32. The van der Waals surface area contributed by atoms with E-state index >= 15 is 0 Å². The van der Waals surface area contributed by atoms with Gasteiger partial charge in [0, 0.05) is 37.3 Å². The van der Waals surface area contributed by atoms with Crippen LogP contribution in [0, 0.1) is 5.92 Å². The van der Waals surface area contributed by atoms with Crippen molar-refractivity contribution in [2.75, 3.05) is 18.4 Å². The summed E-state index contributed by atoms with van der Waals surface area (Å²) in [5.41, 5.74) is 2.85. The van der Waals surface area contributed by atoms with Crippen LogP contribution in [0.5, 0.6) is 5.75 Å². The van der Waals surface area contributed by atoms with Gasteiger partial charge < -0.3 is 15.4 Å². The molecule has 8 nitrogen and oxygen atoms in total. The first-order valence-corrected chi connectivity index (χ1v) is 9.37. The molecular formula is C19H22N6O2. The van der Waals surface area contributed by atoms with E-state index < -0.39 is 0 Å². The molecular weight excluding hydrogens is 344 g/mol. The molecule has 1 saturated carbocycles. The standard InChI is InChI=1S/C19H22N6O2/c1-24-18(16(11-21-24)27-15-4-6-20-10-15)13-5-7-25-14(8-13)9-17(23-25)22-19(26)12-2-3-12/h5,7-9,11-12,15,20H,2-4,6,10H2,1H3,(H,22,23,26)/t15-/m1/s1. The number of amides is 1. The van der Waals surface area contributed by atoms with Crippen LogP contribution in [0.3, 0.4) is 0 Å². The number of nitrogens with zero attached hydrogens (tertiary/aromatic N) is 4. The number of rotatable bonds is 5. The average molecular weight is 366 g/mol. The summed E-state index contributed by atoms with van der Waals surface area (Å²) in [6, 6.07) is 5.92. The SMILES string of the molecule is Cn1ncc(O[C@@H]2CCNC2)c1-c1ccn2nc(NC(=O)C3CC3)cc2c1. The first kappa shape index (κ1) is 16.3. The van der Waals surface area contributed by atoms with Crippen molar-refractivity contribution < 1.29 is 9.53 Å². The summed E-state index contributed by atoms with van der Waals surface area (Å²) in [6.07, 6.45) is 6.79. The maximum Gasteiger partial charge on any atom is 0.228 e. The quantitative estimate of drug-likeness (QED) is 0.719. The molecule has 140 valence electrons. The van der Waals surface area contributed by atoms with E-state index in [1.54, 1.807) is 10.7 Å². The Labute approximate surface area is 156 Å². The van der Waals surface area contributed by atoms with Crippen LogP contribution in [0.1, 0.15) is 19.3 Å². The molecule has 1 atom stereocenters. The molecule has 1 aliphatic carbocycles. The number of ether oxygens (including phenoxy) is 1. The third-order valence-electron chi connectivity index (χ3n) is 5.15. The Hall–Kier alpha value is -2.87. The van der Waals surface area contributed by atoms with Gasteiger partial charge in [-0.3, -0.25) is 9.48 Å². The van der Waals surface area contributed by atoms with Crippen LogP contribution in [0.2, 0.25) is 0 Å². The number of nitrogens with one attached hydrogen (secondary N) is 2. The van der Waals surface area contributed by atoms with Gasteiger partial charge in [0.2, 0.25) is 5.91 Å². The topological polar surface area (TPSA) is 85.5 Å². The Kier molecular flexibility index (Phi) is 3.86.